The van der Waals surface area contributed by atoms with Crippen LogP contribution in [-0.4, -0.2) is 56.8 Å². The van der Waals surface area contributed by atoms with Crippen LogP contribution in [-0.2, 0) is 28.2 Å². The molecule has 0 saturated carbocycles. The van der Waals surface area contributed by atoms with E-state index in [1.807, 2.05) is 45.1 Å². The molecule has 53 heavy (non-hydrogen) atoms. The lowest BCUT2D eigenvalue weighted by Crippen LogP contribution is -2.51. The molecule has 9 heteroatoms. The predicted octanol–water partition coefficient (Wildman–Crippen LogP) is 10.8. The summed E-state index contributed by atoms with van der Waals surface area (Å²) in [4.78, 5) is 30.5. The second kappa shape index (κ2) is 20.4. The number of methoxy groups -OCH3 is 1. The number of oxazole rings is 1. The Bertz CT molecular complexity index is 1520. The average Bonchev–Trinajstić information content (AvgIpc) is 3.48. The Labute approximate surface area is 321 Å². The Morgan fingerprint density at radius 3 is 2.28 bits per heavy atom. The van der Waals surface area contributed by atoms with Gasteiger partial charge in [0.05, 0.1) is 12.2 Å². The fourth-order valence-electron chi connectivity index (χ4n) is 8.32. The van der Waals surface area contributed by atoms with Crippen LogP contribution >= 0.6 is 0 Å². The summed E-state index contributed by atoms with van der Waals surface area (Å²) < 4.78 is 31.1. The summed E-state index contributed by atoms with van der Waals surface area (Å²) in [6.45, 7) is 25.9. The third-order valence-corrected chi connectivity index (χ3v) is 17.3. The zero-order chi connectivity index (χ0) is 39.5. The Morgan fingerprint density at radius 1 is 1.00 bits per heavy atom. The van der Waals surface area contributed by atoms with Crippen LogP contribution in [0.2, 0.25) is 16.6 Å². The number of hydrogen-bond donors (Lipinski definition) is 0. The number of aryl methyl sites for hydroxylation is 1. The van der Waals surface area contributed by atoms with E-state index in [0.717, 1.165) is 28.8 Å². The number of rotatable bonds is 12. The summed E-state index contributed by atoms with van der Waals surface area (Å²) >= 11 is 0. The van der Waals surface area contributed by atoms with Gasteiger partial charge in [0.2, 0.25) is 8.32 Å². The zero-order valence-electron chi connectivity index (χ0n) is 34.7. The Hall–Kier alpha value is -3.27. The van der Waals surface area contributed by atoms with Gasteiger partial charge >= 0.3 is 11.9 Å². The van der Waals surface area contributed by atoms with E-state index in [9.17, 15) is 9.59 Å². The zero-order valence-corrected chi connectivity index (χ0v) is 35.7. The predicted molar refractivity (Wildman–Crippen MR) is 217 cm³/mol. The van der Waals surface area contributed by atoms with Crippen LogP contribution in [0.25, 0.3) is 6.08 Å². The molecule has 0 N–H and O–H groups in total. The average molecular weight is 750 g/mol. The Balaban J connectivity index is 2.06. The van der Waals surface area contributed by atoms with Gasteiger partial charge in [-0.15, -0.1) is 0 Å². The first-order chi connectivity index (χ1) is 25.0. The maximum Gasteiger partial charge on any atom is 0.330 e. The summed E-state index contributed by atoms with van der Waals surface area (Å²) in [5, 5.41) is 0. The number of cyclic esters (lactones) is 1. The molecule has 0 aromatic carbocycles. The van der Waals surface area contributed by atoms with Crippen LogP contribution in [0.3, 0.4) is 0 Å². The molecule has 294 valence electrons. The van der Waals surface area contributed by atoms with Crippen molar-refractivity contribution in [3.8, 4) is 0 Å². The molecule has 2 bridgehead atoms. The van der Waals surface area contributed by atoms with E-state index in [2.05, 4.69) is 91.6 Å². The first-order valence-electron chi connectivity index (χ1n) is 19.6. The van der Waals surface area contributed by atoms with Crippen molar-refractivity contribution < 1.29 is 32.6 Å². The van der Waals surface area contributed by atoms with Crippen molar-refractivity contribution in [2.24, 2.45) is 17.8 Å². The van der Waals surface area contributed by atoms with E-state index in [0.29, 0.717) is 41.8 Å². The standard InChI is InChI=1S/C44H67NO7Si/c1-28(2)53(29(3)4,30(5)6)52-40-26-41(35(11)44(48-13)34(10)20-14-17-31(7)23-38-27-49-36(12)45-38)51-42(46)22-16-21-37-24-39(50-43(47)25-37)32(8)18-15-19-33(40)9/h14-20,22-23,27-30,32,35,37,39-41,44H,21,24-26H2,1-13H3/b17-14+,18-15+,22-16+,31-23+,33-19+,34-20+/t32-,35+,37-,39-,40+,41+,44+/m1/s1. The molecule has 1 fully saturated rings. The molecule has 7 atom stereocenters. The van der Waals surface area contributed by atoms with Crippen LogP contribution in [0.15, 0.2) is 76.0 Å². The van der Waals surface area contributed by atoms with Gasteiger partial charge in [0.15, 0.2) is 5.89 Å². The van der Waals surface area contributed by atoms with E-state index in [1.165, 1.54) is 6.08 Å². The number of carbonyl (C=O) groups is 2. The summed E-state index contributed by atoms with van der Waals surface area (Å²) in [5.41, 5.74) is 5.00. The maximum atomic E-state index is 13.6. The Kier molecular flexibility index (Phi) is 17.0. The lowest BCUT2D eigenvalue weighted by Gasteiger charge is -2.45. The number of nitrogens with zero attached hydrogens (tertiary/aromatic N) is 1. The van der Waals surface area contributed by atoms with Crippen molar-refractivity contribution in [2.75, 3.05) is 7.11 Å². The third kappa shape index (κ3) is 12.4. The van der Waals surface area contributed by atoms with Gasteiger partial charge in [-0.05, 0) is 78.9 Å². The fourth-order valence-corrected chi connectivity index (χ4v) is 13.9. The van der Waals surface area contributed by atoms with Crippen molar-refractivity contribution in [3.05, 3.63) is 83.2 Å². The van der Waals surface area contributed by atoms with Gasteiger partial charge in [0.1, 0.15) is 24.2 Å². The number of ether oxygens (including phenoxy) is 3. The molecular formula is C44H67NO7Si. The van der Waals surface area contributed by atoms with Crippen LogP contribution < -0.4 is 0 Å². The van der Waals surface area contributed by atoms with Crippen molar-refractivity contribution in [2.45, 2.75) is 150 Å². The van der Waals surface area contributed by atoms with Crippen molar-refractivity contribution in [3.63, 3.8) is 0 Å². The van der Waals surface area contributed by atoms with Gasteiger partial charge in [-0.25, -0.2) is 9.78 Å². The quantitative estimate of drug-likeness (QED) is 0.118. The van der Waals surface area contributed by atoms with Gasteiger partial charge in [-0.2, -0.15) is 0 Å². The first-order valence-corrected chi connectivity index (χ1v) is 21.7. The second-order valence-electron chi connectivity index (χ2n) is 16.2. The summed E-state index contributed by atoms with van der Waals surface area (Å²) in [6, 6.07) is 0. The molecule has 1 aromatic rings. The minimum Gasteiger partial charge on any atom is -0.462 e. The molecule has 1 saturated heterocycles. The third-order valence-electron chi connectivity index (χ3n) is 11.2. The molecule has 0 unspecified atom stereocenters. The second-order valence-corrected chi connectivity index (χ2v) is 21.6. The molecule has 1 aromatic heterocycles. The van der Waals surface area contributed by atoms with Gasteiger partial charge in [0, 0.05) is 44.8 Å². The number of esters is 2. The van der Waals surface area contributed by atoms with Crippen molar-refractivity contribution >= 4 is 26.3 Å². The van der Waals surface area contributed by atoms with E-state index in [-0.39, 0.29) is 42.0 Å². The minimum absolute atomic E-state index is 0.0484. The highest BCUT2D eigenvalue weighted by Crippen LogP contribution is 2.44. The van der Waals surface area contributed by atoms with Gasteiger partial charge < -0.3 is 23.1 Å². The monoisotopic (exact) mass is 749 g/mol. The Morgan fingerprint density at radius 2 is 1.68 bits per heavy atom. The van der Waals surface area contributed by atoms with Crippen LogP contribution in [0.1, 0.15) is 113 Å². The molecule has 0 spiro atoms. The molecule has 0 radical (unpaired) electrons. The van der Waals surface area contributed by atoms with Gasteiger partial charge in [-0.1, -0.05) is 97.9 Å². The highest BCUT2D eigenvalue weighted by Gasteiger charge is 2.47. The van der Waals surface area contributed by atoms with Gasteiger partial charge in [-0.3, -0.25) is 4.79 Å². The highest BCUT2D eigenvalue weighted by atomic mass is 28.4. The van der Waals surface area contributed by atoms with Crippen molar-refractivity contribution in [1.29, 1.82) is 0 Å². The summed E-state index contributed by atoms with van der Waals surface area (Å²) in [6.07, 6.45) is 20.3. The van der Waals surface area contributed by atoms with E-state index >= 15 is 0 Å². The molecule has 0 amide bonds. The number of hydrogen-bond acceptors (Lipinski definition) is 8. The molecule has 8 nitrogen and oxygen atoms in total. The number of carbonyl (C=O) groups excluding carboxylic acids is 2. The lowest BCUT2D eigenvalue weighted by molar-refractivity contribution is -0.158. The fraction of sp³-hybridized carbons (Fsp3) is 0.614. The van der Waals surface area contributed by atoms with E-state index < -0.39 is 20.4 Å². The number of allylic oxidation sites excluding steroid dienone is 7. The maximum absolute atomic E-state index is 13.6. The van der Waals surface area contributed by atoms with E-state index in [1.54, 1.807) is 13.4 Å². The highest BCUT2D eigenvalue weighted by molar-refractivity contribution is 6.77. The molecule has 2 aliphatic rings. The van der Waals surface area contributed by atoms with Crippen molar-refractivity contribution in [1.82, 2.24) is 4.98 Å². The minimum atomic E-state index is -2.36. The molecule has 3 heterocycles. The summed E-state index contributed by atoms with van der Waals surface area (Å²) in [7, 11) is -0.649. The summed E-state index contributed by atoms with van der Waals surface area (Å²) in [5.74, 6) is -0.00522. The lowest BCUT2D eigenvalue weighted by atomic mass is 9.86. The smallest absolute Gasteiger partial charge is 0.330 e. The topological polar surface area (TPSA) is 97.1 Å². The molecular weight excluding hydrogens is 683 g/mol. The molecule has 0 aliphatic carbocycles. The number of aromatic nitrogens is 1. The van der Waals surface area contributed by atoms with Crippen LogP contribution in [0.5, 0.6) is 0 Å². The number of fused-ring (bicyclic) bond motifs is 2. The molecule has 2 aliphatic heterocycles. The first kappa shape index (κ1) is 44.1. The van der Waals surface area contributed by atoms with Crippen LogP contribution in [0, 0.1) is 24.7 Å². The largest absolute Gasteiger partial charge is 0.462 e. The normalized spacial score (nSPS) is 27.8. The molecule has 3 rings (SSSR count). The SMILES string of the molecule is CO[C@@H](/C(C)=C/C=C/C(C)=C/c1coc(C)n1)[C@@H](C)[C@@H]1C[C@H](O[Si](C(C)C)(C(C)C)C(C)C)/C(C)=C/C=C/[C@@H](C)[C@H]2C[C@@H](C/C=C/C(=O)O1)CC(=O)O2. The van der Waals surface area contributed by atoms with E-state index in [4.69, 9.17) is 23.1 Å². The van der Waals surface area contributed by atoms with Crippen LogP contribution in [0.4, 0.5) is 0 Å². The van der Waals surface area contributed by atoms with Gasteiger partial charge in [0.25, 0.3) is 0 Å².